The molecule has 0 bridgehead atoms. The number of rotatable bonds is 5. The van der Waals surface area contributed by atoms with E-state index in [9.17, 15) is 4.79 Å². The van der Waals surface area contributed by atoms with Gasteiger partial charge < -0.3 is 5.11 Å². The van der Waals surface area contributed by atoms with Crippen molar-refractivity contribution in [1.29, 1.82) is 0 Å². The summed E-state index contributed by atoms with van der Waals surface area (Å²) in [4.78, 5) is 13.2. The fourth-order valence-corrected chi connectivity index (χ4v) is 3.06. The van der Waals surface area contributed by atoms with Gasteiger partial charge in [-0.05, 0) is 36.8 Å². The highest BCUT2D eigenvalue weighted by Gasteiger charge is 2.36. The number of carbonyl (C=O) groups is 1. The molecule has 3 rings (SSSR count). The Morgan fingerprint density at radius 3 is 2.28 bits per heavy atom. The van der Waals surface area contributed by atoms with Gasteiger partial charge in [0.25, 0.3) is 0 Å². The molecule has 96 valence electrons. The van der Waals surface area contributed by atoms with E-state index in [0.29, 0.717) is 18.6 Å². The van der Waals surface area contributed by atoms with Gasteiger partial charge in [0, 0.05) is 18.6 Å². The fraction of sp³-hybridized carbons (Fsp3) is 0.533. The molecule has 0 aromatic heterocycles. The number of nitrogens with zero attached hydrogens (tertiary/aromatic N) is 1. The zero-order valence-corrected chi connectivity index (χ0v) is 10.5. The maximum atomic E-state index is 10.8. The molecule has 0 radical (unpaired) electrons. The Balaban J connectivity index is 1.68. The van der Waals surface area contributed by atoms with Gasteiger partial charge in [0.05, 0.1) is 6.42 Å². The van der Waals surface area contributed by atoms with Gasteiger partial charge in [-0.2, -0.15) is 0 Å². The summed E-state index contributed by atoms with van der Waals surface area (Å²) in [5.74, 6) is -0.684. The zero-order chi connectivity index (χ0) is 12.5. The van der Waals surface area contributed by atoms with Gasteiger partial charge in [0.1, 0.15) is 0 Å². The highest BCUT2D eigenvalue weighted by atomic mass is 16.4. The predicted octanol–water partition coefficient (Wildman–Crippen LogP) is 2.09. The maximum Gasteiger partial charge on any atom is 0.304 e. The SMILES string of the molecule is O=C(O)CCN(C1CC1)C1Cc2ccccc2C1. The molecule has 3 nitrogen and oxygen atoms in total. The average Bonchev–Trinajstić information content (AvgIpc) is 3.08. The molecule has 0 aliphatic heterocycles. The predicted molar refractivity (Wildman–Crippen MR) is 69.6 cm³/mol. The average molecular weight is 245 g/mol. The molecule has 2 aliphatic carbocycles. The Bertz CT molecular complexity index is 429. The third kappa shape index (κ3) is 2.41. The molecule has 0 unspecified atom stereocenters. The van der Waals surface area contributed by atoms with E-state index >= 15 is 0 Å². The Kier molecular flexibility index (Phi) is 3.08. The smallest absolute Gasteiger partial charge is 0.304 e. The number of aliphatic carboxylic acids is 1. The van der Waals surface area contributed by atoms with Crippen molar-refractivity contribution < 1.29 is 9.90 Å². The zero-order valence-electron chi connectivity index (χ0n) is 10.5. The quantitative estimate of drug-likeness (QED) is 0.863. The minimum atomic E-state index is -0.684. The molecule has 0 spiro atoms. The van der Waals surface area contributed by atoms with E-state index in [1.807, 2.05) is 0 Å². The van der Waals surface area contributed by atoms with Gasteiger partial charge in [-0.3, -0.25) is 9.69 Å². The number of fused-ring (bicyclic) bond motifs is 1. The summed E-state index contributed by atoms with van der Waals surface area (Å²) in [6, 6.07) is 9.77. The fourth-order valence-electron chi connectivity index (χ4n) is 3.06. The summed E-state index contributed by atoms with van der Waals surface area (Å²) in [5, 5.41) is 8.85. The van der Waals surface area contributed by atoms with Crippen LogP contribution in [0.25, 0.3) is 0 Å². The monoisotopic (exact) mass is 245 g/mol. The Hall–Kier alpha value is -1.35. The third-order valence-electron chi connectivity index (χ3n) is 4.10. The van der Waals surface area contributed by atoms with Crippen LogP contribution in [-0.4, -0.2) is 34.6 Å². The minimum absolute atomic E-state index is 0.267. The lowest BCUT2D eigenvalue weighted by Crippen LogP contribution is -2.39. The van der Waals surface area contributed by atoms with Crippen molar-refractivity contribution in [2.45, 2.75) is 44.2 Å². The summed E-state index contributed by atoms with van der Waals surface area (Å²) >= 11 is 0. The number of hydrogen-bond acceptors (Lipinski definition) is 2. The Labute approximate surface area is 107 Å². The maximum absolute atomic E-state index is 10.8. The number of carboxylic acid groups (broad SMARTS) is 1. The van der Waals surface area contributed by atoms with Crippen molar-refractivity contribution >= 4 is 5.97 Å². The van der Waals surface area contributed by atoms with Crippen LogP contribution in [0.3, 0.4) is 0 Å². The van der Waals surface area contributed by atoms with Crippen LogP contribution in [0.4, 0.5) is 0 Å². The second-order valence-electron chi connectivity index (χ2n) is 5.44. The van der Waals surface area contributed by atoms with E-state index in [-0.39, 0.29) is 6.42 Å². The van der Waals surface area contributed by atoms with Crippen molar-refractivity contribution in [3.8, 4) is 0 Å². The highest BCUT2D eigenvalue weighted by Crippen LogP contribution is 2.34. The molecule has 0 atom stereocenters. The van der Waals surface area contributed by atoms with Gasteiger partial charge in [-0.15, -0.1) is 0 Å². The standard InChI is InChI=1S/C15H19NO2/c17-15(18)7-8-16(13-5-6-13)14-9-11-3-1-2-4-12(11)10-14/h1-4,13-14H,5-10H2,(H,17,18). The van der Waals surface area contributed by atoms with E-state index in [2.05, 4.69) is 29.2 Å². The van der Waals surface area contributed by atoms with Crippen LogP contribution in [0, 0.1) is 0 Å². The van der Waals surface area contributed by atoms with Crippen LogP contribution in [0.1, 0.15) is 30.4 Å². The number of benzene rings is 1. The molecule has 1 fully saturated rings. The van der Waals surface area contributed by atoms with E-state index in [4.69, 9.17) is 5.11 Å². The van der Waals surface area contributed by atoms with Gasteiger partial charge >= 0.3 is 5.97 Å². The van der Waals surface area contributed by atoms with E-state index in [1.165, 1.54) is 24.0 Å². The molecule has 3 heteroatoms. The third-order valence-corrected chi connectivity index (χ3v) is 4.10. The lowest BCUT2D eigenvalue weighted by Gasteiger charge is -2.28. The van der Waals surface area contributed by atoms with Gasteiger partial charge in [-0.1, -0.05) is 24.3 Å². The van der Waals surface area contributed by atoms with Gasteiger partial charge in [0.2, 0.25) is 0 Å². The molecule has 1 aromatic rings. The summed E-state index contributed by atoms with van der Waals surface area (Å²) < 4.78 is 0. The van der Waals surface area contributed by atoms with Crippen molar-refractivity contribution in [3.63, 3.8) is 0 Å². The van der Waals surface area contributed by atoms with Crippen LogP contribution < -0.4 is 0 Å². The molecule has 0 amide bonds. The first-order chi connectivity index (χ1) is 8.74. The minimum Gasteiger partial charge on any atom is -0.481 e. The molecule has 1 N–H and O–H groups in total. The molecular formula is C15H19NO2. The number of hydrogen-bond donors (Lipinski definition) is 1. The summed E-state index contributed by atoms with van der Waals surface area (Å²) in [6.07, 6.45) is 4.93. The van der Waals surface area contributed by atoms with Crippen molar-refractivity contribution in [2.24, 2.45) is 0 Å². The topological polar surface area (TPSA) is 40.5 Å². The van der Waals surface area contributed by atoms with E-state index in [1.54, 1.807) is 0 Å². The first-order valence-corrected chi connectivity index (χ1v) is 6.78. The highest BCUT2D eigenvalue weighted by molar-refractivity contribution is 5.66. The van der Waals surface area contributed by atoms with Gasteiger partial charge in [0.15, 0.2) is 0 Å². The first-order valence-electron chi connectivity index (χ1n) is 6.78. The van der Waals surface area contributed by atoms with E-state index < -0.39 is 5.97 Å². The Morgan fingerprint density at radius 2 is 1.78 bits per heavy atom. The molecular weight excluding hydrogens is 226 g/mol. The molecule has 1 aromatic carbocycles. The number of carboxylic acids is 1. The van der Waals surface area contributed by atoms with Crippen LogP contribution >= 0.6 is 0 Å². The van der Waals surface area contributed by atoms with E-state index in [0.717, 1.165) is 12.8 Å². The molecule has 0 saturated heterocycles. The van der Waals surface area contributed by atoms with Crippen LogP contribution in [0.5, 0.6) is 0 Å². The lowest BCUT2D eigenvalue weighted by molar-refractivity contribution is -0.137. The largest absolute Gasteiger partial charge is 0.481 e. The summed E-state index contributed by atoms with van der Waals surface area (Å²) in [6.45, 7) is 0.707. The normalized spacial score (nSPS) is 19.2. The van der Waals surface area contributed by atoms with Crippen LogP contribution in [-0.2, 0) is 17.6 Å². The van der Waals surface area contributed by atoms with Crippen molar-refractivity contribution in [1.82, 2.24) is 4.90 Å². The van der Waals surface area contributed by atoms with Crippen molar-refractivity contribution in [2.75, 3.05) is 6.54 Å². The molecule has 18 heavy (non-hydrogen) atoms. The second kappa shape index (κ2) is 4.73. The lowest BCUT2D eigenvalue weighted by atomic mass is 10.1. The summed E-state index contributed by atoms with van der Waals surface area (Å²) in [7, 11) is 0. The Morgan fingerprint density at radius 1 is 1.17 bits per heavy atom. The first kappa shape index (κ1) is 11.7. The van der Waals surface area contributed by atoms with Crippen LogP contribution in [0.15, 0.2) is 24.3 Å². The van der Waals surface area contributed by atoms with Crippen molar-refractivity contribution in [3.05, 3.63) is 35.4 Å². The molecule has 1 saturated carbocycles. The molecule has 0 heterocycles. The van der Waals surface area contributed by atoms with Crippen LogP contribution in [0.2, 0.25) is 0 Å². The van der Waals surface area contributed by atoms with Gasteiger partial charge in [-0.25, -0.2) is 0 Å². The summed E-state index contributed by atoms with van der Waals surface area (Å²) in [5.41, 5.74) is 2.90. The second-order valence-corrected chi connectivity index (χ2v) is 5.44. The molecule has 2 aliphatic rings.